The van der Waals surface area contributed by atoms with E-state index in [0.717, 1.165) is 13.1 Å². The number of rotatable bonds is 7. The van der Waals surface area contributed by atoms with Crippen molar-refractivity contribution in [2.45, 2.75) is 81.2 Å². The number of nitrogens with zero attached hydrogens (tertiary/aromatic N) is 2. The quantitative estimate of drug-likeness (QED) is 0.353. The van der Waals surface area contributed by atoms with Crippen molar-refractivity contribution in [3.8, 4) is 0 Å². The smallest absolute Gasteiger partial charge is 0.392 e. The second-order valence-electron chi connectivity index (χ2n) is 10.5. The molecule has 9 atom stereocenters. The number of hydrogen-bond acceptors (Lipinski definition) is 8. The van der Waals surface area contributed by atoms with Crippen LogP contribution in [0.15, 0.2) is 0 Å². The Hall–Kier alpha value is -0.630. The van der Waals surface area contributed by atoms with E-state index in [-0.39, 0.29) is 60.5 Å². The second-order valence-corrected chi connectivity index (χ2v) is 11.9. The summed E-state index contributed by atoms with van der Waals surface area (Å²) in [6.07, 6.45) is -2.07. The standard InChI is InChI=1S/C22H39F3N6O2S/c1-12(10-32)27-18-7-14(13(2)34-21-29-26-11-30(21)3)8-19(28-18)31-9-16-15(20(31)33)5-4-6-17(16)22(23,24)25/h12-19,21,26-29,32H,4-11H2,1-3H3. The third-order valence-electron chi connectivity index (χ3n) is 8.05. The lowest BCUT2D eigenvalue weighted by molar-refractivity contribution is -0.198. The third-order valence-corrected chi connectivity index (χ3v) is 9.60. The molecule has 4 aliphatic rings. The van der Waals surface area contributed by atoms with Gasteiger partial charge in [0.2, 0.25) is 5.91 Å². The monoisotopic (exact) mass is 508 g/mol. The summed E-state index contributed by atoms with van der Waals surface area (Å²) in [5, 5.41) is 16.7. The molecule has 0 spiro atoms. The molecule has 1 saturated carbocycles. The SMILES string of the molecule is CC(CO)NC1CC(C(C)SC2NNCN2C)CC(N2CC3C(CCCC3C(F)(F)F)C2=O)N1. The lowest BCUT2D eigenvalue weighted by Gasteiger charge is -2.44. The van der Waals surface area contributed by atoms with Crippen molar-refractivity contribution in [3.63, 3.8) is 0 Å². The zero-order valence-corrected chi connectivity index (χ0v) is 21.0. The van der Waals surface area contributed by atoms with Crippen molar-refractivity contribution in [3.05, 3.63) is 0 Å². The topological polar surface area (TPSA) is 91.9 Å². The second kappa shape index (κ2) is 10.8. The van der Waals surface area contributed by atoms with Crippen molar-refractivity contribution in [2.75, 3.05) is 26.9 Å². The number of hydrazine groups is 1. The largest absolute Gasteiger partial charge is 0.395 e. The van der Waals surface area contributed by atoms with Crippen molar-refractivity contribution < 1.29 is 23.1 Å². The number of carbonyl (C=O) groups is 1. The van der Waals surface area contributed by atoms with Gasteiger partial charge < -0.3 is 10.0 Å². The molecule has 12 heteroatoms. The average Bonchev–Trinajstić information content (AvgIpc) is 3.35. The van der Waals surface area contributed by atoms with Crippen LogP contribution in [0.25, 0.3) is 0 Å². The maximum absolute atomic E-state index is 13.7. The van der Waals surface area contributed by atoms with Crippen LogP contribution in [0.1, 0.15) is 46.0 Å². The molecule has 1 amide bonds. The maximum atomic E-state index is 13.7. The van der Waals surface area contributed by atoms with E-state index in [2.05, 4.69) is 33.3 Å². The first kappa shape index (κ1) is 26.4. The number of alkyl halides is 3. The van der Waals surface area contributed by atoms with Gasteiger partial charge in [-0.3, -0.25) is 20.3 Å². The minimum atomic E-state index is -4.26. The van der Waals surface area contributed by atoms with E-state index >= 15 is 0 Å². The van der Waals surface area contributed by atoms with Gasteiger partial charge >= 0.3 is 6.18 Å². The molecule has 0 aromatic heterocycles. The maximum Gasteiger partial charge on any atom is 0.392 e. The molecule has 1 aliphatic carbocycles. The molecule has 3 saturated heterocycles. The molecule has 9 unspecified atom stereocenters. The van der Waals surface area contributed by atoms with Gasteiger partial charge in [-0.05, 0) is 51.5 Å². The lowest BCUT2D eigenvalue weighted by Crippen LogP contribution is -2.61. The molecule has 0 radical (unpaired) electrons. The molecule has 3 heterocycles. The molecule has 4 rings (SSSR count). The number of aliphatic hydroxyl groups is 1. The van der Waals surface area contributed by atoms with Gasteiger partial charge in [0.05, 0.1) is 31.5 Å². The molecule has 3 aliphatic heterocycles. The van der Waals surface area contributed by atoms with Gasteiger partial charge in [0.1, 0.15) is 5.50 Å². The van der Waals surface area contributed by atoms with Crippen LogP contribution in [0.5, 0.6) is 0 Å². The van der Waals surface area contributed by atoms with Gasteiger partial charge in [-0.1, -0.05) is 13.3 Å². The molecule has 4 fully saturated rings. The number of amides is 1. The molecule has 0 bridgehead atoms. The van der Waals surface area contributed by atoms with E-state index in [1.807, 2.05) is 25.7 Å². The first-order valence-electron chi connectivity index (χ1n) is 12.4. The van der Waals surface area contributed by atoms with Gasteiger partial charge in [0.15, 0.2) is 0 Å². The summed E-state index contributed by atoms with van der Waals surface area (Å²) in [4.78, 5) is 17.2. The van der Waals surface area contributed by atoms with Crippen molar-refractivity contribution in [1.82, 2.24) is 31.3 Å². The number of fused-ring (bicyclic) bond motifs is 1. The van der Waals surface area contributed by atoms with Crippen LogP contribution >= 0.6 is 11.8 Å². The van der Waals surface area contributed by atoms with Crippen LogP contribution in [0.3, 0.4) is 0 Å². The molecule has 196 valence electrons. The third kappa shape index (κ3) is 5.68. The normalized spacial score (nSPS) is 39.3. The molecular formula is C22H39F3N6O2S. The number of halogens is 3. The minimum absolute atomic E-state index is 0.0136. The summed E-state index contributed by atoms with van der Waals surface area (Å²) in [5.41, 5.74) is 6.53. The van der Waals surface area contributed by atoms with E-state index < -0.39 is 23.9 Å². The van der Waals surface area contributed by atoms with Crippen LogP contribution in [-0.4, -0.2) is 83.0 Å². The van der Waals surface area contributed by atoms with E-state index in [4.69, 9.17) is 0 Å². The first-order valence-corrected chi connectivity index (χ1v) is 13.4. The highest BCUT2D eigenvalue weighted by Gasteiger charge is 2.56. The minimum Gasteiger partial charge on any atom is -0.395 e. The Bertz CT molecular complexity index is 719. The number of carbonyl (C=O) groups excluding carboxylic acids is 1. The first-order chi connectivity index (χ1) is 16.1. The number of thioether (sulfide) groups is 1. The Labute approximate surface area is 204 Å². The van der Waals surface area contributed by atoms with E-state index in [1.165, 1.54) is 0 Å². The fourth-order valence-electron chi connectivity index (χ4n) is 6.11. The molecular weight excluding hydrogens is 469 g/mol. The highest BCUT2D eigenvalue weighted by Crippen LogP contribution is 2.48. The highest BCUT2D eigenvalue weighted by molar-refractivity contribution is 8.00. The molecule has 8 nitrogen and oxygen atoms in total. The van der Waals surface area contributed by atoms with Crippen molar-refractivity contribution >= 4 is 17.7 Å². The van der Waals surface area contributed by atoms with Crippen molar-refractivity contribution in [2.24, 2.45) is 23.7 Å². The predicted molar refractivity (Wildman–Crippen MR) is 125 cm³/mol. The van der Waals surface area contributed by atoms with E-state index in [1.54, 1.807) is 4.90 Å². The number of aliphatic hydroxyl groups excluding tert-OH is 1. The van der Waals surface area contributed by atoms with Gasteiger partial charge in [-0.15, -0.1) is 11.8 Å². The summed E-state index contributed by atoms with van der Waals surface area (Å²) >= 11 is 1.81. The van der Waals surface area contributed by atoms with Gasteiger partial charge in [-0.2, -0.15) is 13.2 Å². The lowest BCUT2D eigenvalue weighted by atomic mass is 9.73. The van der Waals surface area contributed by atoms with Crippen LogP contribution < -0.4 is 21.5 Å². The number of nitrogens with one attached hydrogen (secondary N) is 4. The van der Waals surface area contributed by atoms with Gasteiger partial charge in [0, 0.05) is 23.8 Å². The fourth-order valence-corrected chi connectivity index (χ4v) is 7.40. The Morgan fingerprint density at radius 1 is 1.26 bits per heavy atom. The summed E-state index contributed by atoms with van der Waals surface area (Å²) in [7, 11) is 2.04. The number of hydrogen-bond donors (Lipinski definition) is 5. The summed E-state index contributed by atoms with van der Waals surface area (Å²) in [6.45, 7) is 4.98. The van der Waals surface area contributed by atoms with E-state index in [9.17, 15) is 23.1 Å². The van der Waals surface area contributed by atoms with Crippen LogP contribution in [0, 0.1) is 23.7 Å². The number of likely N-dealkylation sites (tertiary alicyclic amines) is 1. The van der Waals surface area contributed by atoms with E-state index in [0.29, 0.717) is 19.3 Å². The Morgan fingerprint density at radius 2 is 2.03 bits per heavy atom. The van der Waals surface area contributed by atoms with Crippen LogP contribution in [0.4, 0.5) is 13.2 Å². The Kier molecular flexibility index (Phi) is 8.38. The number of piperidine rings is 1. The van der Waals surface area contributed by atoms with Gasteiger partial charge in [-0.25, -0.2) is 10.9 Å². The van der Waals surface area contributed by atoms with Crippen LogP contribution in [-0.2, 0) is 4.79 Å². The molecule has 34 heavy (non-hydrogen) atoms. The molecule has 0 aromatic carbocycles. The molecule has 5 N–H and O–H groups in total. The molecule has 0 aromatic rings. The Balaban J connectivity index is 1.49. The fraction of sp³-hybridized carbons (Fsp3) is 0.955. The van der Waals surface area contributed by atoms with Gasteiger partial charge in [0.25, 0.3) is 0 Å². The predicted octanol–water partition coefficient (Wildman–Crippen LogP) is 1.45. The average molecular weight is 509 g/mol. The summed E-state index contributed by atoms with van der Waals surface area (Å²) in [6, 6.07) is -0.127. The zero-order chi connectivity index (χ0) is 24.6. The summed E-state index contributed by atoms with van der Waals surface area (Å²) in [5.74, 6) is -2.45. The zero-order valence-electron chi connectivity index (χ0n) is 20.1. The summed E-state index contributed by atoms with van der Waals surface area (Å²) < 4.78 is 41.2. The van der Waals surface area contributed by atoms with Crippen molar-refractivity contribution in [1.29, 1.82) is 0 Å². The Morgan fingerprint density at radius 3 is 2.68 bits per heavy atom. The highest BCUT2D eigenvalue weighted by atomic mass is 32.2. The van der Waals surface area contributed by atoms with Crippen LogP contribution in [0.2, 0.25) is 0 Å².